The van der Waals surface area contributed by atoms with Crippen molar-refractivity contribution in [2.75, 3.05) is 5.43 Å². The number of anilines is 1. The summed E-state index contributed by atoms with van der Waals surface area (Å²) < 4.78 is 1.13. The SMILES string of the molecule is Cn1ncc(N/N=C\c2cccc(Cl)c2Cl)c(Cl)c1=O. The molecule has 0 spiro atoms. The third kappa shape index (κ3) is 3.12. The van der Waals surface area contributed by atoms with Crippen LogP contribution in [0.3, 0.4) is 0 Å². The maximum Gasteiger partial charge on any atom is 0.287 e. The lowest BCUT2D eigenvalue weighted by Gasteiger charge is -2.04. The molecule has 0 saturated heterocycles. The summed E-state index contributed by atoms with van der Waals surface area (Å²) in [5.74, 6) is 0. The van der Waals surface area contributed by atoms with Crippen molar-refractivity contribution in [3.63, 3.8) is 0 Å². The molecule has 0 unspecified atom stereocenters. The molecule has 1 aromatic heterocycles. The van der Waals surface area contributed by atoms with Gasteiger partial charge in [0.2, 0.25) is 0 Å². The molecule has 0 fully saturated rings. The van der Waals surface area contributed by atoms with Crippen molar-refractivity contribution in [2.24, 2.45) is 12.1 Å². The van der Waals surface area contributed by atoms with Crippen LogP contribution in [0.25, 0.3) is 0 Å². The summed E-state index contributed by atoms with van der Waals surface area (Å²) in [5.41, 5.74) is 3.17. The zero-order chi connectivity index (χ0) is 14.7. The van der Waals surface area contributed by atoms with E-state index >= 15 is 0 Å². The van der Waals surface area contributed by atoms with Crippen LogP contribution in [0.2, 0.25) is 15.1 Å². The number of aromatic nitrogens is 2. The minimum Gasteiger partial charge on any atom is -0.275 e. The number of halogens is 3. The van der Waals surface area contributed by atoms with Crippen molar-refractivity contribution < 1.29 is 0 Å². The topological polar surface area (TPSA) is 59.3 Å². The summed E-state index contributed by atoms with van der Waals surface area (Å²) in [6.07, 6.45) is 2.88. The smallest absolute Gasteiger partial charge is 0.275 e. The molecule has 1 N–H and O–H groups in total. The highest BCUT2D eigenvalue weighted by Gasteiger charge is 2.06. The van der Waals surface area contributed by atoms with Gasteiger partial charge < -0.3 is 0 Å². The molecule has 2 aromatic rings. The molecule has 8 heteroatoms. The van der Waals surface area contributed by atoms with E-state index in [9.17, 15) is 4.79 Å². The maximum atomic E-state index is 11.6. The molecule has 0 amide bonds. The summed E-state index contributed by atoms with van der Waals surface area (Å²) in [6.45, 7) is 0. The van der Waals surface area contributed by atoms with Gasteiger partial charge in [0.25, 0.3) is 5.56 Å². The van der Waals surface area contributed by atoms with Crippen molar-refractivity contribution in [3.05, 3.63) is 55.4 Å². The van der Waals surface area contributed by atoms with Crippen LogP contribution < -0.4 is 11.0 Å². The quantitative estimate of drug-likeness (QED) is 0.694. The molecule has 1 aromatic carbocycles. The van der Waals surface area contributed by atoms with Gasteiger partial charge in [0, 0.05) is 12.6 Å². The molecule has 0 bridgehead atoms. The van der Waals surface area contributed by atoms with Crippen molar-refractivity contribution in [3.8, 4) is 0 Å². The average Bonchev–Trinajstić information content (AvgIpc) is 2.43. The zero-order valence-electron chi connectivity index (χ0n) is 10.3. The van der Waals surface area contributed by atoms with E-state index in [1.807, 2.05) is 0 Å². The van der Waals surface area contributed by atoms with Crippen molar-refractivity contribution in [1.82, 2.24) is 9.78 Å². The Morgan fingerprint density at radius 2 is 2.05 bits per heavy atom. The Bertz CT molecular complexity index is 727. The molecule has 104 valence electrons. The summed E-state index contributed by atoms with van der Waals surface area (Å²) in [4.78, 5) is 11.6. The first kappa shape index (κ1) is 14.8. The highest BCUT2D eigenvalue weighted by Crippen LogP contribution is 2.24. The lowest BCUT2D eigenvalue weighted by atomic mass is 10.2. The van der Waals surface area contributed by atoms with Crippen LogP contribution in [-0.2, 0) is 7.05 Å². The Kier molecular flexibility index (Phi) is 4.65. The molecule has 0 radical (unpaired) electrons. The zero-order valence-corrected chi connectivity index (χ0v) is 12.5. The molecule has 0 aliphatic heterocycles. The molecule has 20 heavy (non-hydrogen) atoms. The fourth-order valence-electron chi connectivity index (χ4n) is 1.38. The van der Waals surface area contributed by atoms with Crippen LogP contribution in [0, 0.1) is 0 Å². The van der Waals surface area contributed by atoms with E-state index in [1.54, 1.807) is 18.2 Å². The number of hydrazone groups is 1. The largest absolute Gasteiger partial charge is 0.287 e. The number of nitrogens with one attached hydrogen (secondary N) is 1. The molecular formula is C12H9Cl3N4O. The molecule has 0 aliphatic carbocycles. The van der Waals surface area contributed by atoms with Gasteiger partial charge in [-0.2, -0.15) is 10.2 Å². The number of aryl methyl sites for hydroxylation is 1. The Morgan fingerprint density at radius 3 is 2.80 bits per heavy atom. The van der Waals surface area contributed by atoms with E-state index in [0.717, 1.165) is 4.68 Å². The normalized spacial score (nSPS) is 11.0. The predicted molar refractivity (Wildman–Crippen MR) is 82.2 cm³/mol. The van der Waals surface area contributed by atoms with Crippen LogP contribution in [0.15, 0.2) is 34.3 Å². The van der Waals surface area contributed by atoms with Gasteiger partial charge in [-0.1, -0.05) is 46.9 Å². The monoisotopic (exact) mass is 330 g/mol. The van der Waals surface area contributed by atoms with E-state index < -0.39 is 5.56 Å². The predicted octanol–water partition coefficient (Wildman–Crippen LogP) is 3.19. The second kappa shape index (κ2) is 6.26. The summed E-state index contributed by atoms with van der Waals surface area (Å²) >= 11 is 17.8. The van der Waals surface area contributed by atoms with E-state index in [2.05, 4.69) is 15.6 Å². The summed E-state index contributed by atoms with van der Waals surface area (Å²) in [6, 6.07) is 5.18. The summed E-state index contributed by atoms with van der Waals surface area (Å²) in [5, 5.41) is 8.63. The number of hydrogen-bond donors (Lipinski definition) is 1. The van der Waals surface area contributed by atoms with Crippen molar-refractivity contribution in [2.45, 2.75) is 0 Å². The van der Waals surface area contributed by atoms with E-state index in [-0.39, 0.29) is 5.02 Å². The molecule has 2 rings (SSSR count). The van der Waals surface area contributed by atoms with Gasteiger partial charge in [0.1, 0.15) is 10.7 Å². The lowest BCUT2D eigenvalue weighted by Crippen LogP contribution is -2.20. The number of benzene rings is 1. The Balaban J connectivity index is 2.21. The maximum absolute atomic E-state index is 11.6. The van der Waals surface area contributed by atoms with Gasteiger partial charge in [-0.15, -0.1) is 0 Å². The fourth-order valence-corrected chi connectivity index (χ4v) is 1.95. The van der Waals surface area contributed by atoms with Crippen LogP contribution in [0.1, 0.15) is 5.56 Å². The number of nitrogens with zero attached hydrogens (tertiary/aromatic N) is 3. The lowest BCUT2D eigenvalue weighted by molar-refractivity contribution is 0.708. The molecular weight excluding hydrogens is 323 g/mol. The molecule has 0 aliphatic rings. The van der Waals surface area contributed by atoms with Gasteiger partial charge in [-0.25, -0.2) is 4.68 Å². The molecule has 0 saturated carbocycles. The highest BCUT2D eigenvalue weighted by atomic mass is 35.5. The first-order valence-electron chi connectivity index (χ1n) is 5.45. The fraction of sp³-hybridized carbons (Fsp3) is 0.0833. The Hall–Kier alpha value is -1.56. The van der Waals surface area contributed by atoms with E-state index in [1.165, 1.54) is 19.5 Å². The Labute approximate surface area is 129 Å². The Morgan fingerprint density at radius 1 is 1.30 bits per heavy atom. The van der Waals surface area contributed by atoms with Gasteiger partial charge in [-0.3, -0.25) is 10.2 Å². The van der Waals surface area contributed by atoms with Crippen LogP contribution in [-0.4, -0.2) is 16.0 Å². The standard InChI is InChI=1S/C12H9Cl3N4O/c1-19-12(20)11(15)9(6-17-19)18-16-5-7-3-2-4-8(13)10(7)14/h2-6,18H,1H3/b16-5-. The first-order valence-corrected chi connectivity index (χ1v) is 6.59. The molecule has 1 heterocycles. The second-order valence-corrected chi connectivity index (χ2v) is 4.98. The number of hydrogen-bond acceptors (Lipinski definition) is 4. The van der Waals surface area contributed by atoms with Crippen LogP contribution in [0.4, 0.5) is 5.69 Å². The van der Waals surface area contributed by atoms with E-state index in [4.69, 9.17) is 34.8 Å². The minimum atomic E-state index is -0.410. The third-order valence-corrected chi connectivity index (χ3v) is 3.65. The van der Waals surface area contributed by atoms with Crippen molar-refractivity contribution >= 4 is 46.7 Å². The van der Waals surface area contributed by atoms with E-state index in [0.29, 0.717) is 21.3 Å². The minimum absolute atomic E-state index is 0.0110. The van der Waals surface area contributed by atoms with Gasteiger partial charge >= 0.3 is 0 Å². The highest BCUT2D eigenvalue weighted by molar-refractivity contribution is 6.43. The summed E-state index contributed by atoms with van der Waals surface area (Å²) in [7, 11) is 1.51. The van der Waals surface area contributed by atoms with Gasteiger partial charge in [-0.05, 0) is 6.07 Å². The van der Waals surface area contributed by atoms with Crippen LogP contribution >= 0.6 is 34.8 Å². The molecule has 5 nitrogen and oxygen atoms in total. The molecule has 0 atom stereocenters. The van der Waals surface area contributed by atoms with Gasteiger partial charge in [0.05, 0.1) is 22.5 Å². The first-order chi connectivity index (χ1) is 9.50. The van der Waals surface area contributed by atoms with Crippen molar-refractivity contribution in [1.29, 1.82) is 0 Å². The second-order valence-electron chi connectivity index (χ2n) is 3.81. The van der Waals surface area contributed by atoms with Gasteiger partial charge in [0.15, 0.2) is 0 Å². The van der Waals surface area contributed by atoms with Crippen LogP contribution in [0.5, 0.6) is 0 Å². The third-order valence-electron chi connectivity index (χ3n) is 2.45. The number of rotatable bonds is 3. The average molecular weight is 332 g/mol.